The average Bonchev–Trinajstić information content (AvgIpc) is 4.10. The number of benzene rings is 3. The molecule has 0 bridgehead atoms. The lowest BCUT2D eigenvalue weighted by atomic mass is 10.0. The van der Waals surface area contributed by atoms with Gasteiger partial charge in [0.1, 0.15) is 11.5 Å². The molecule has 0 aliphatic rings. The molecule has 2 heterocycles. The van der Waals surface area contributed by atoms with Gasteiger partial charge in [-0.1, -0.05) is 155 Å². The first-order valence-corrected chi connectivity index (χ1v) is 28.5. The lowest BCUT2D eigenvalue weighted by Gasteiger charge is -2.19. The van der Waals surface area contributed by atoms with E-state index in [1.54, 1.807) is 65.8 Å². The van der Waals surface area contributed by atoms with Crippen LogP contribution in [0.25, 0.3) is 21.8 Å². The van der Waals surface area contributed by atoms with Crippen molar-refractivity contribution in [2.45, 2.75) is 195 Å². The molecule has 0 aliphatic carbocycles. The molecule has 5 aromatic rings. The van der Waals surface area contributed by atoms with Gasteiger partial charge in [-0.2, -0.15) is 0 Å². The normalized spacial score (nSPS) is 12.3. The number of fused-ring (bicyclic) bond motifs is 2. The summed E-state index contributed by atoms with van der Waals surface area (Å²) in [5.74, 6) is -4.54. The summed E-state index contributed by atoms with van der Waals surface area (Å²) in [6, 6.07) is 18.4. The van der Waals surface area contributed by atoms with Crippen molar-refractivity contribution in [3.05, 3.63) is 83.2 Å². The summed E-state index contributed by atoms with van der Waals surface area (Å²) >= 11 is 0. The number of carbonyl (C=O) groups excluding carboxylic acids is 4. The van der Waals surface area contributed by atoms with E-state index >= 15 is 0 Å². The molecule has 78 heavy (non-hydrogen) atoms. The van der Waals surface area contributed by atoms with Crippen LogP contribution in [0.2, 0.25) is 0 Å². The molecule has 426 valence electrons. The minimum Gasteiger partial charge on any atom is -0.490 e. The van der Waals surface area contributed by atoms with E-state index < -0.39 is 47.5 Å². The Balaban J connectivity index is 0.893. The number of para-hydroxylation sites is 2. The fraction of sp³-hybridized carbons (Fsp3) is 0.548. The maximum atomic E-state index is 13.0. The number of Topliss-reactive ketones (excluding diaryl/α,β-unsaturated/α-hetero) is 2. The van der Waals surface area contributed by atoms with Gasteiger partial charge in [-0.25, -0.2) is 9.59 Å². The lowest BCUT2D eigenvalue weighted by Crippen LogP contribution is -2.32. The number of hydrogen-bond acceptors (Lipinski definition) is 10. The van der Waals surface area contributed by atoms with Crippen LogP contribution < -0.4 is 30.4 Å². The molecule has 0 fully saturated rings. The third-order valence-corrected chi connectivity index (χ3v) is 14.6. The zero-order valence-corrected chi connectivity index (χ0v) is 47.1. The van der Waals surface area contributed by atoms with Crippen LogP contribution in [-0.4, -0.2) is 80.1 Å². The number of amides is 2. The largest absolute Gasteiger partial charge is 0.490 e. The Morgan fingerprint density at radius 2 is 0.731 bits per heavy atom. The van der Waals surface area contributed by atoms with E-state index in [2.05, 4.69) is 0 Å². The van der Waals surface area contributed by atoms with Crippen molar-refractivity contribution in [1.29, 1.82) is 0 Å². The number of aromatic nitrogens is 2. The summed E-state index contributed by atoms with van der Waals surface area (Å²) in [6.45, 7) is 13.2. The molecule has 2 aromatic heterocycles. The zero-order valence-electron chi connectivity index (χ0n) is 47.1. The number of ketones is 2. The zero-order chi connectivity index (χ0) is 56.7. The van der Waals surface area contributed by atoms with E-state index in [4.69, 9.17) is 30.4 Å². The Bertz CT molecular complexity index is 2600. The van der Waals surface area contributed by atoms with Gasteiger partial charge in [-0.3, -0.25) is 19.2 Å². The monoisotopic (exact) mass is 1080 g/mol. The van der Waals surface area contributed by atoms with Crippen LogP contribution in [0.1, 0.15) is 188 Å². The predicted octanol–water partition coefficient (Wildman–Crippen LogP) is 12.5. The van der Waals surface area contributed by atoms with Crippen molar-refractivity contribution < 1.29 is 57.9 Å². The van der Waals surface area contributed by atoms with E-state index in [9.17, 15) is 39.0 Å². The van der Waals surface area contributed by atoms with Gasteiger partial charge in [-0.05, 0) is 75.9 Å². The Morgan fingerprint density at radius 3 is 1.03 bits per heavy atom. The number of hydrogen-bond donors (Lipinski definition) is 4. The number of nitrogens with two attached hydrogens (primary N) is 2. The molecule has 2 amide bonds. The van der Waals surface area contributed by atoms with Crippen LogP contribution in [0.15, 0.2) is 60.7 Å². The van der Waals surface area contributed by atoms with Crippen molar-refractivity contribution in [2.75, 3.05) is 13.2 Å². The number of aryl methyl sites for hydroxylation is 2. The molecule has 5 rings (SSSR count). The second kappa shape index (κ2) is 31.5. The number of carbonyl (C=O) groups is 6. The second-order valence-electron chi connectivity index (χ2n) is 21.4. The number of ether oxygens (including phenoxy) is 4. The van der Waals surface area contributed by atoms with Crippen LogP contribution in [0.5, 0.6) is 23.0 Å². The highest BCUT2D eigenvalue weighted by Gasteiger charge is 2.31. The van der Waals surface area contributed by atoms with Crippen molar-refractivity contribution in [1.82, 2.24) is 9.13 Å². The molecule has 0 saturated carbocycles. The molecule has 0 saturated heterocycles. The van der Waals surface area contributed by atoms with E-state index in [0.717, 1.165) is 88.5 Å². The Morgan fingerprint density at radius 1 is 0.436 bits per heavy atom. The van der Waals surface area contributed by atoms with Crippen LogP contribution in [0, 0.1) is 25.7 Å². The fourth-order valence-corrected chi connectivity index (χ4v) is 10.4. The van der Waals surface area contributed by atoms with Crippen LogP contribution in [0.4, 0.5) is 0 Å². The van der Waals surface area contributed by atoms with Gasteiger partial charge >= 0.3 is 11.9 Å². The molecule has 0 radical (unpaired) electrons. The molecule has 3 aromatic carbocycles. The van der Waals surface area contributed by atoms with Crippen LogP contribution in [-0.2, 0) is 32.3 Å². The Hall–Kier alpha value is -6.84. The molecule has 0 aliphatic heterocycles. The van der Waals surface area contributed by atoms with Gasteiger partial charge in [0, 0.05) is 36.3 Å². The van der Waals surface area contributed by atoms with E-state index in [1.165, 1.54) is 51.4 Å². The number of primary amides is 2. The maximum absolute atomic E-state index is 13.0. The van der Waals surface area contributed by atoms with Crippen LogP contribution >= 0.6 is 0 Å². The molecular formula is C62H86N4O12. The van der Waals surface area contributed by atoms with Gasteiger partial charge in [0.2, 0.25) is 0 Å². The number of rotatable bonds is 40. The number of carboxylic acid groups (broad SMARTS) is 2. The fourth-order valence-electron chi connectivity index (χ4n) is 10.4. The molecule has 6 N–H and O–H groups in total. The van der Waals surface area contributed by atoms with Crippen molar-refractivity contribution in [3.63, 3.8) is 0 Å². The summed E-state index contributed by atoms with van der Waals surface area (Å²) < 4.78 is 28.2. The standard InChI is InChI=1S/C62H86N4O12/c1-41(2)57(61(71)72)77-49-35-29-31-45-53(49)51(55(67)59(63)69)43(5)65(45)37-25-19-15-11-7-9-13-17-21-27-39-75-47-33-23-24-34-48(47)76-40-28-22-18-14-10-8-12-16-20-26-38-66-44(6)52(56(68)60(64)70)54-46(66)32-30-36-50(54)78-58(42(3)4)62(73)74/h23-24,29-36,41-42,57-58H,7-22,25-28,37-40H2,1-6H3,(H2,63,69)(H2,64,70)(H,71,72)(H,73,74). The van der Waals surface area contributed by atoms with Gasteiger partial charge < -0.3 is 49.8 Å². The summed E-state index contributed by atoms with van der Waals surface area (Å²) in [5.41, 5.74) is 13.9. The topological polar surface area (TPSA) is 242 Å². The summed E-state index contributed by atoms with van der Waals surface area (Å²) in [5, 5.41) is 20.4. The lowest BCUT2D eigenvalue weighted by molar-refractivity contribution is -0.147. The first kappa shape index (κ1) is 62.0. The third-order valence-electron chi connectivity index (χ3n) is 14.6. The number of nitrogens with zero attached hydrogens (tertiary/aromatic N) is 2. The van der Waals surface area contributed by atoms with Crippen molar-refractivity contribution in [2.24, 2.45) is 23.3 Å². The summed E-state index contributed by atoms with van der Waals surface area (Å²) in [4.78, 5) is 74.1. The smallest absolute Gasteiger partial charge is 0.345 e. The summed E-state index contributed by atoms with van der Waals surface area (Å²) in [7, 11) is 0. The van der Waals surface area contributed by atoms with Crippen LogP contribution in [0.3, 0.4) is 0 Å². The molecule has 0 spiro atoms. The second-order valence-corrected chi connectivity index (χ2v) is 21.4. The highest BCUT2D eigenvalue weighted by atomic mass is 16.5. The Kier molecular flexibility index (Phi) is 25.1. The molecule has 2 unspecified atom stereocenters. The molecule has 16 nitrogen and oxygen atoms in total. The van der Waals surface area contributed by atoms with E-state index in [1.807, 2.05) is 45.5 Å². The first-order chi connectivity index (χ1) is 37.5. The number of unbranched alkanes of at least 4 members (excludes halogenated alkanes) is 18. The molecule has 16 heteroatoms. The predicted molar refractivity (Wildman–Crippen MR) is 304 cm³/mol. The number of carboxylic acids is 2. The van der Waals surface area contributed by atoms with E-state index in [-0.39, 0.29) is 34.5 Å². The number of aliphatic carboxylic acids is 2. The van der Waals surface area contributed by atoms with Crippen molar-refractivity contribution >= 4 is 57.1 Å². The summed E-state index contributed by atoms with van der Waals surface area (Å²) in [6.07, 6.45) is 19.7. The minimum absolute atomic E-state index is 0.168. The maximum Gasteiger partial charge on any atom is 0.345 e. The third kappa shape index (κ3) is 17.3. The van der Waals surface area contributed by atoms with Gasteiger partial charge in [-0.15, -0.1) is 0 Å². The SMILES string of the molecule is Cc1c(C(=O)C(N)=O)c2c(OC(C(=O)O)C(C)C)cccc2n1CCCCCCCCCCCCOc1ccccc1OCCCCCCCCCCCCn1c(C)c(C(=O)C(N)=O)c2c(OC(C(=O)O)C(C)C)cccc21. The highest BCUT2D eigenvalue weighted by Crippen LogP contribution is 2.38. The first-order valence-electron chi connectivity index (χ1n) is 28.5. The average molecular weight is 1080 g/mol. The van der Waals surface area contributed by atoms with Gasteiger partial charge in [0.05, 0.1) is 46.1 Å². The van der Waals surface area contributed by atoms with Gasteiger partial charge in [0.25, 0.3) is 23.4 Å². The quantitative estimate of drug-likeness (QED) is 0.0163. The van der Waals surface area contributed by atoms with Gasteiger partial charge in [0.15, 0.2) is 23.7 Å². The molecular weight excluding hydrogens is 993 g/mol. The highest BCUT2D eigenvalue weighted by molar-refractivity contribution is 6.45. The molecule has 2 atom stereocenters. The van der Waals surface area contributed by atoms with Crippen molar-refractivity contribution in [3.8, 4) is 23.0 Å². The minimum atomic E-state index is -1.12. The Labute approximate surface area is 460 Å². The van der Waals surface area contributed by atoms with E-state index in [0.29, 0.717) is 59.5 Å².